The smallest absolute Gasteiger partial charge is 0.309 e. The van der Waals surface area contributed by atoms with Crippen LogP contribution < -0.4 is 0 Å². The largest absolute Gasteiger partial charge is 0.469 e. The van der Waals surface area contributed by atoms with Crippen LogP contribution in [0.2, 0.25) is 0 Å². The van der Waals surface area contributed by atoms with Crippen LogP contribution in [0.15, 0.2) is 29.2 Å². The lowest BCUT2D eigenvalue weighted by molar-refractivity contribution is -0.144. The van der Waals surface area contributed by atoms with Crippen molar-refractivity contribution in [3.05, 3.63) is 30.1 Å². The van der Waals surface area contributed by atoms with E-state index in [1.165, 1.54) is 25.3 Å². The van der Waals surface area contributed by atoms with Crippen molar-refractivity contribution >= 4 is 16.8 Å². The van der Waals surface area contributed by atoms with Crippen molar-refractivity contribution < 1.29 is 18.1 Å². The Morgan fingerprint density at radius 3 is 2.81 bits per heavy atom. The molecule has 0 aliphatic rings. The highest BCUT2D eigenvalue weighted by Crippen LogP contribution is 2.12. The van der Waals surface area contributed by atoms with E-state index in [2.05, 4.69) is 4.74 Å². The number of hydrogen-bond acceptors (Lipinski definition) is 3. The van der Waals surface area contributed by atoms with Crippen molar-refractivity contribution in [2.24, 2.45) is 5.92 Å². The number of rotatable bonds is 4. The van der Waals surface area contributed by atoms with Crippen molar-refractivity contribution in [3.8, 4) is 0 Å². The van der Waals surface area contributed by atoms with Gasteiger partial charge in [-0.25, -0.2) is 4.39 Å². The van der Waals surface area contributed by atoms with E-state index in [0.29, 0.717) is 4.90 Å². The minimum atomic E-state index is -1.39. The first kappa shape index (κ1) is 12.8. The van der Waals surface area contributed by atoms with E-state index in [9.17, 15) is 13.4 Å². The van der Waals surface area contributed by atoms with E-state index in [0.717, 1.165) is 0 Å². The second kappa shape index (κ2) is 5.75. The predicted octanol–water partition coefficient (Wildman–Crippen LogP) is 1.74. The third kappa shape index (κ3) is 3.41. The molecule has 0 saturated heterocycles. The van der Waals surface area contributed by atoms with Crippen LogP contribution in [0.25, 0.3) is 0 Å². The summed E-state index contributed by atoms with van der Waals surface area (Å²) in [5, 5.41) is 0. The molecule has 16 heavy (non-hydrogen) atoms. The molecule has 0 radical (unpaired) electrons. The van der Waals surface area contributed by atoms with Crippen LogP contribution in [0.4, 0.5) is 4.39 Å². The zero-order valence-electron chi connectivity index (χ0n) is 9.10. The Balaban J connectivity index is 2.69. The van der Waals surface area contributed by atoms with Crippen LogP contribution in [0.5, 0.6) is 0 Å². The van der Waals surface area contributed by atoms with Crippen LogP contribution in [-0.2, 0) is 20.3 Å². The normalized spacial score (nSPS) is 14.2. The molecular formula is C11H13FO3S. The maximum Gasteiger partial charge on any atom is 0.309 e. The van der Waals surface area contributed by atoms with E-state index in [4.69, 9.17) is 0 Å². The summed E-state index contributed by atoms with van der Waals surface area (Å²) in [6.07, 6.45) is 0. The average molecular weight is 244 g/mol. The molecule has 0 aliphatic heterocycles. The van der Waals surface area contributed by atoms with Gasteiger partial charge in [-0.2, -0.15) is 0 Å². The molecule has 2 unspecified atom stereocenters. The second-order valence-electron chi connectivity index (χ2n) is 3.39. The second-order valence-corrected chi connectivity index (χ2v) is 4.89. The third-order valence-corrected chi connectivity index (χ3v) is 3.65. The van der Waals surface area contributed by atoms with Crippen molar-refractivity contribution in [1.82, 2.24) is 0 Å². The van der Waals surface area contributed by atoms with E-state index >= 15 is 0 Å². The van der Waals surface area contributed by atoms with Gasteiger partial charge >= 0.3 is 5.97 Å². The Kier molecular flexibility index (Phi) is 4.61. The molecule has 0 heterocycles. The summed E-state index contributed by atoms with van der Waals surface area (Å²) in [7, 11) is -0.105. The molecule has 0 bridgehead atoms. The molecule has 88 valence electrons. The van der Waals surface area contributed by atoms with Gasteiger partial charge in [-0.3, -0.25) is 9.00 Å². The van der Waals surface area contributed by atoms with Crippen molar-refractivity contribution in [2.75, 3.05) is 12.9 Å². The molecule has 5 heteroatoms. The number of hydrogen-bond donors (Lipinski definition) is 0. The molecular weight excluding hydrogens is 231 g/mol. The summed E-state index contributed by atoms with van der Waals surface area (Å²) >= 11 is 0. The Morgan fingerprint density at radius 2 is 2.25 bits per heavy atom. The Bertz CT molecular complexity index is 406. The Morgan fingerprint density at radius 1 is 1.56 bits per heavy atom. The van der Waals surface area contributed by atoms with E-state index in [1.807, 2.05) is 0 Å². The van der Waals surface area contributed by atoms with Gasteiger partial charge in [-0.15, -0.1) is 0 Å². The summed E-state index contributed by atoms with van der Waals surface area (Å²) in [6.45, 7) is 1.63. The molecule has 0 spiro atoms. The van der Waals surface area contributed by atoms with Gasteiger partial charge < -0.3 is 4.74 Å². The molecule has 0 amide bonds. The molecule has 1 aromatic carbocycles. The highest BCUT2D eigenvalue weighted by Gasteiger charge is 2.17. The van der Waals surface area contributed by atoms with Gasteiger partial charge in [0.2, 0.25) is 0 Å². The van der Waals surface area contributed by atoms with Crippen LogP contribution in [0.3, 0.4) is 0 Å². The van der Waals surface area contributed by atoms with Crippen molar-refractivity contribution in [1.29, 1.82) is 0 Å². The Hall–Kier alpha value is -1.23. The maximum atomic E-state index is 12.9. The molecule has 1 aromatic rings. The minimum Gasteiger partial charge on any atom is -0.469 e. The zero-order chi connectivity index (χ0) is 12.1. The van der Waals surface area contributed by atoms with E-state index < -0.39 is 28.5 Å². The fourth-order valence-electron chi connectivity index (χ4n) is 1.20. The van der Waals surface area contributed by atoms with Crippen LogP contribution in [-0.4, -0.2) is 23.0 Å². The summed E-state index contributed by atoms with van der Waals surface area (Å²) in [4.78, 5) is 11.5. The monoisotopic (exact) mass is 244 g/mol. The molecule has 0 N–H and O–H groups in total. The van der Waals surface area contributed by atoms with Crippen molar-refractivity contribution in [2.45, 2.75) is 11.8 Å². The molecule has 2 atom stereocenters. The number of esters is 1. The first-order valence-electron chi connectivity index (χ1n) is 4.76. The number of ether oxygens (including phenoxy) is 1. The maximum absolute atomic E-state index is 12.9. The number of methoxy groups -OCH3 is 1. The van der Waals surface area contributed by atoms with E-state index in [-0.39, 0.29) is 5.75 Å². The predicted molar refractivity (Wildman–Crippen MR) is 58.9 cm³/mol. The number of benzene rings is 1. The average Bonchev–Trinajstić information content (AvgIpc) is 2.27. The minimum absolute atomic E-state index is 0.135. The van der Waals surface area contributed by atoms with Gasteiger partial charge in [-0.1, -0.05) is 13.0 Å². The van der Waals surface area contributed by atoms with Gasteiger partial charge in [0.15, 0.2) is 0 Å². The highest BCUT2D eigenvalue weighted by molar-refractivity contribution is 7.85. The summed E-state index contributed by atoms with van der Waals surface area (Å²) in [5.41, 5.74) is 0. The molecule has 3 nitrogen and oxygen atoms in total. The summed E-state index contributed by atoms with van der Waals surface area (Å²) in [5.74, 6) is -1.17. The van der Waals surface area contributed by atoms with Crippen LogP contribution in [0, 0.1) is 11.7 Å². The lowest BCUT2D eigenvalue weighted by Gasteiger charge is -2.08. The fourth-order valence-corrected chi connectivity index (χ4v) is 2.46. The molecule has 0 fully saturated rings. The quantitative estimate of drug-likeness (QED) is 0.758. The summed E-state index contributed by atoms with van der Waals surface area (Å²) in [6, 6.07) is 5.55. The van der Waals surface area contributed by atoms with Crippen molar-refractivity contribution in [3.63, 3.8) is 0 Å². The zero-order valence-corrected chi connectivity index (χ0v) is 9.92. The summed E-state index contributed by atoms with van der Waals surface area (Å²) < 4.78 is 29.2. The molecule has 1 rings (SSSR count). The van der Waals surface area contributed by atoms with Gasteiger partial charge in [0, 0.05) is 10.6 Å². The van der Waals surface area contributed by atoms with Gasteiger partial charge in [0.05, 0.1) is 23.8 Å². The van der Waals surface area contributed by atoms with Crippen LogP contribution >= 0.6 is 0 Å². The molecule has 0 aromatic heterocycles. The molecule has 0 saturated carbocycles. The third-order valence-electron chi connectivity index (χ3n) is 2.06. The number of carbonyl (C=O) groups is 1. The topological polar surface area (TPSA) is 43.4 Å². The lowest BCUT2D eigenvalue weighted by Crippen LogP contribution is -2.19. The van der Waals surface area contributed by atoms with Crippen LogP contribution in [0.1, 0.15) is 6.92 Å². The Labute approximate surface area is 96.1 Å². The first-order chi connectivity index (χ1) is 7.54. The standard InChI is InChI=1S/C11H13FO3S/c1-8(11(13)15-2)7-16(14)10-5-3-4-9(12)6-10/h3-6,8H,7H2,1-2H3. The fraction of sp³-hybridized carbons (Fsp3) is 0.364. The number of carbonyl (C=O) groups excluding carboxylic acids is 1. The lowest BCUT2D eigenvalue weighted by atomic mass is 10.2. The number of halogens is 1. The van der Waals surface area contributed by atoms with Gasteiger partial charge in [0.25, 0.3) is 0 Å². The van der Waals surface area contributed by atoms with E-state index in [1.54, 1.807) is 13.0 Å². The first-order valence-corrected chi connectivity index (χ1v) is 6.08. The van der Waals surface area contributed by atoms with Gasteiger partial charge in [-0.05, 0) is 18.2 Å². The SMILES string of the molecule is COC(=O)C(C)CS(=O)c1cccc(F)c1. The highest BCUT2D eigenvalue weighted by atomic mass is 32.2. The molecule has 0 aliphatic carbocycles. The van der Waals surface area contributed by atoms with Gasteiger partial charge in [0.1, 0.15) is 5.82 Å².